The molecular weight excluding hydrogens is 248 g/mol. The molecular formula is C17H28N2O. The summed E-state index contributed by atoms with van der Waals surface area (Å²) in [5.74, 6) is 0.913. The average molecular weight is 276 g/mol. The second kappa shape index (κ2) is 6.98. The maximum atomic E-state index is 5.74. The van der Waals surface area contributed by atoms with Crippen LogP contribution in [0.15, 0.2) is 24.3 Å². The molecule has 1 heterocycles. The number of benzene rings is 1. The molecule has 0 spiro atoms. The molecule has 3 nitrogen and oxygen atoms in total. The second-order valence-electron chi connectivity index (χ2n) is 6.63. The van der Waals surface area contributed by atoms with Crippen molar-refractivity contribution >= 4 is 5.69 Å². The van der Waals surface area contributed by atoms with E-state index >= 15 is 0 Å². The number of anilines is 1. The lowest BCUT2D eigenvalue weighted by Gasteiger charge is -2.23. The first-order chi connectivity index (χ1) is 9.55. The zero-order chi connectivity index (χ0) is 14.4. The minimum atomic E-state index is 0.523. The topological polar surface area (TPSA) is 38.5 Å². The third-order valence-electron chi connectivity index (χ3n) is 4.20. The van der Waals surface area contributed by atoms with Crippen molar-refractivity contribution < 1.29 is 4.74 Å². The van der Waals surface area contributed by atoms with Crippen LogP contribution in [0, 0.1) is 5.41 Å². The van der Waals surface area contributed by atoms with E-state index in [2.05, 4.69) is 18.7 Å². The van der Waals surface area contributed by atoms with E-state index in [0.717, 1.165) is 31.0 Å². The highest BCUT2D eigenvalue weighted by Crippen LogP contribution is 2.29. The van der Waals surface area contributed by atoms with Gasteiger partial charge in [0.1, 0.15) is 5.75 Å². The molecule has 20 heavy (non-hydrogen) atoms. The molecule has 1 fully saturated rings. The van der Waals surface area contributed by atoms with Crippen molar-refractivity contribution in [1.82, 2.24) is 4.90 Å². The maximum absolute atomic E-state index is 5.74. The highest BCUT2D eigenvalue weighted by Gasteiger charge is 2.22. The van der Waals surface area contributed by atoms with Gasteiger partial charge in [-0.2, -0.15) is 0 Å². The highest BCUT2D eigenvalue weighted by molar-refractivity contribution is 5.41. The van der Waals surface area contributed by atoms with Gasteiger partial charge in [-0.05, 0) is 68.5 Å². The van der Waals surface area contributed by atoms with E-state index in [1.54, 1.807) is 0 Å². The van der Waals surface area contributed by atoms with Crippen LogP contribution in [0.1, 0.15) is 39.5 Å². The fourth-order valence-electron chi connectivity index (χ4n) is 2.74. The Morgan fingerprint density at radius 3 is 2.65 bits per heavy atom. The summed E-state index contributed by atoms with van der Waals surface area (Å²) in [5.41, 5.74) is 6.96. The monoisotopic (exact) mass is 276 g/mol. The van der Waals surface area contributed by atoms with Crippen LogP contribution in [0.25, 0.3) is 0 Å². The van der Waals surface area contributed by atoms with E-state index < -0.39 is 0 Å². The molecule has 2 rings (SSSR count). The number of hydrogen-bond donors (Lipinski definition) is 1. The summed E-state index contributed by atoms with van der Waals surface area (Å²) in [6.07, 6.45) is 5.08. The number of ether oxygens (including phenoxy) is 1. The van der Waals surface area contributed by atoms with Crippen molar-refractivity contribution in [2.24, 2.45) is 5.41 Å². The Bertz CT molecular complexity index is 400. The van der Waals surface area contributed by atoms with Crippen LogP contribution < -0.4 is 10.5 Å². The fraction of sp³-hybridized carbons (Fsp3) is 0.647. The van der Waals surface area contributed by atoms with Gasteiger partial charge in [-0.15, -0.1) is 0 Å². The summed E-state index contributed by atoms with van der Waals surface area (Å²) >= 11 is 0. The van der Waals surface area contributed by atoms with Crippen LogP contribution in [0.3, 0.4) is 0 Å². The summed E-state index contributed by atoms with van der Waals surface area (Å²) in [5, 5.41) is 0. The minimum absolute atomic E-state index is 0.523. The molecule has 0 saturated carbocycles. The summed E-state index contributed by atoms with van der Waals surface area (Å²) in [6.45, 7) is 9.18. The zero-order valence-corrected chi connectivity index (χ0v) is 12.9. The molecule has 0 amide bonds. The maximum Gasteiger partial charge on any atom is 0.119 e. The summed E-state index contributed by atoms with van der Waals surface area (Å²) in [7, 11) is 0. The van der Waals surface area contributed by atoms with Crippen molar-refractivity contribution in [2.45, 2.75) is 39.5 Å². The standard InChI is InChI=1S/C17H28N2O/c1-17(2)9-3-11-19(13-10-17)12-4-14-20-16-7-5-15(18)6-8-16/h5-8H,3-4,9-14,18H2,1-2H3. The molecule has 1 saturated heterocycles. The molecule has 1 aromatic rings. The van der Waals surface area contributed by atoms with E-state index in [4.69, 9.17) is 10.5 Å². The quantitative estimate of drug-likeness (QED) is 0.660. The first-order valence-electron chi connectivity index (χ1n) is 7.76. The van der Waals surface area contributed by atoms with Crippen LogP contribution in [-0.2, 0) is 0 Å². The third-order valence-corrected chi connectivity index (χ3v) is 4.20. The number of hydrogen-bond acceptors (Lipinski definition) is 3. The first kappa shape index (κ1) is 15.2. The largest absolute Gasteiger partial charge is 0.494 e. The Labute approximate surface area is 123 Å². The molecule has 1 aliphatic heterocycles. The van der Waals surface area contributed by atoms with Crippen LogP contribution >= 0.6 is 0 Å². The van der Waals surface area contributed by atoms with Crippen molar-refractivity contribution in [2.75, 3.05) is 32.0 Å². The van der Waals surface area contributed by atoms with Gasteiger partial charge in [-0.1, -0.05) is 13.8 Å². The Morgan fingerprint density at radius 1 is 1.15 bits per heavy atom. The molecule has 0 aromatic heterocycles. The number of likely N-dealkylation sites (tertiary alicyclic amines) is 1. The summed E-state index contributed by atoms with van der Waals surface area (Å²) in [6, 6.07) is 7.63. The lowest BCUT2D eigenvalue weighted by Crippen LogP contribution is -2.27. The summed E-state index contributed by atoms with van der Waals surface area (Å²) < 4.78 is 5.74. The van der Waals surface area contributed by atoms with Gasteiger partial charge >= 0.3 is 0 Å². The molecule has 1 aliphatic rings. The van der Waals surface area contributed by atoms with Crippen LogP contribution in [-0.4, -0.2) is 31.1 Å². The van der Waals surface area contributed by atoms with E-state index in [-0.39, 0.29) is 0 Å². The molecule has 0 bridgehead atoms. The highest BCUT2D eigenvalue weighted by atomic mass is 16.5. The number of nitrogens with zero attached hydrogens (tertiary/aromatic N) is 1. The molecule has 0 unspecified atom stereocenters. The Hall–Kier alpha value is -1.22. The first-order valence-corrected chi connectivity index (χ1v) is 7.76. The number of rotatable bonds is 5. The Morgan fingerprint density at radius 2 is 1.90 bits per heavy atom. The minimum Gasteiger partial charge on any atom is -0.494 e. The molecule has 112 valence electrons. The molecule has 0 atom stereocenters. The lowest BCUT2D eigenvalue weighted by molar-refractivity contribution is 0.231. The predicted molar refractivity (Wildman–Crippen MR) is 85.0 cm³/mol. The molecule has 1 aromatic carbocycles. The van der Waals surface area contributed by atoms with Crippen molar-refractivity contribution in [3.63, 3.8) is 0 Å². The van der Waals surface area contributed by atoms with E-state index in [1.165, 1.54) is 32.4 Å². The van der Waals surface area contributed by atoms with Crippen molar-refractivity contribution in [3.05, 3.63) is 24.3 Å². The molecule has 3 heteroatoms. The molecule has 0 aliphatic carbocycles. The van der Waals surface area contributed by atoms with Gasteiger partial charge in [0.2, 0.25) is 0 Å². The van der Waals surface area contributed by atoms with Gasteiger partial charge in [0, 0.05) is 12.2 Å². The summed E-state index contributed by atoms with van der Waals surface area (Å²) in [4.78, 5) is 2.58. The van der Waals surface area contributed by atoms with Gasteiger partial charge < -0.3 is 15.4 Å². The second-order valence-corrected chi connectivity index (χ2v) is 6.63. The van der Waals surface area contributed by atoms with E-state index in [9.17, 15) is 0 Å². The van der Waals surface area contributed by atoms with Crippen molar-refractivity contribution in [3.8, 4) is 5.75 Å². The van der Waals surface area contributed by atoms with Gasteiger partial charge in [0.25, 0.3) is 0 Å². The SMILES string of the molecule is CC1(C)CCCN(CCCOc2ccc(N)cc2)CC1. The van der Waals surface area contributed by atoms with Crippen molar-refractivity contribution in [1.29, 1.82) is 0 Å². The van der Waals surface area contributed by atoms with Crippen LogP contribution in [0.4, 0.5) is 5.69 Å². The normalized spacial score (nSPS) is 19.5. The van der Waals surface area contributed by atoms with Gasteiger partial charge in [0.15, 0.2) is 0 Å². The smallest absolute Gasteiger partial charge is 0.119 e. The molecule has 2 N–H and O–H groups in total. The predicted octanol–water partition coefficient (Wildman–Crippen LogP) is 3.55. The van der Waals surface area contributed by atoms with Crippen LogP contribution in [0.5, 0.6) is 5.75 Å². The van der Waals surface area contributed by atoms with E-state index in [0.29, 0.717) is 5.41 Å². The third kappa shape index (κ3) is 5.04. The van der Waals surface area contributed by atoms with Crippen LogP contribution in [0.2, 0.25) is 0 Å². The Kier molecular flexibility index (Phi) is 5.30. The molecule has 0 radical (unpaired) electrons. The number of nitrogens with two attached hydrogens (primary N) is 1. The average Bonchev–Trinajstić information content (AvgIpc) is 2.58. The van der Waals surface area contributed by atoms with Gasteiger partial charge in [-0.3, -0.25) is 0 Å². The zero-order valence-electron chi connectivity index (χ0n) is 12.9. The Balaban J connectivity index is 1.64. The van der Waals surface area contributed by atoms with Gasteiger partial charge in [-0.25, -0.2) is 0 Å². The fourth-order valence-corrected chi connectivity index (χ4v) is 2.74. The van der Waals surface area contributed by atoms with Gasteiger partial charge in [0.05, 0.1) is 6.61 Å². The lowest BCUT2D eigenvalue weighted by atomic mass is 9.85. The van der Waals surface area contributed by atoms with E-state index in [1.807, 2.05) is 24.3 Å². The number of nitrogen functional groups attached to an aromatic ring is 1.